The van der Waals surface area contributed by atoms with Crippen LogP contribution in [0.3, 0.4) is 0 Å². The molecule has 4 bridgehead atoms. The fourth-order valence-electron chi connectivity index (χ4n) is 5.36. The van der Waals surface area contributed by atoms with Gasteiger partial charge in [-0.05, 0) is 56.3 Å². The number of nitrogens with one attached hydrogen (secondary N) is 1. The molecule has 1 aromatic rings. The van der Waals surface area contributed by atoms with Gasteiger partial charge in [0.15, 0.2) is 0 Å². The Bertz CT molecular complexity index is 515. The minimum atomic E-state index is -0.0438. The van der Waals surface area contributed by atoms with Crippen LogP contribution < -0.4 is 11.1 Å². The molecular weight excluding hydrogens is 264 g/mol. The predicted octanol–water partition coefficient (Wildman–Crippen LogP) is 1.80. The third kappa shape index (κ3) is 2.32. The summed E-state index contributed by atoms with van der Waals surface area (Å²) >= 11 is 0. The number of carbonyl (C=O) groups is 1. The van der Waals surface area contributed by atoms with Gasteiger partial charge in [-0.3, -0.25) is 9.48 Å². The van der Waals surface area contributed by atoms with Gasteiger partial charge in [0.2, 0.25) is 5.91 Å². The Hall–Kier alpha value is -1.52. The van der Waals surface area contributed by atoms with Gasteiger partial charge >= 0.3 is 0 Å². The molecule has 21 heavy (non-hydrogen) atoms. The fourth-order valence-corrected chi connectivity index (χ4v) is 5.36. The van der Waals surface area contributed by atoms with Crippen molar-refractivity contribution < 1.29 is 4.79 Å². The Morgan fingerprint density at radius 3 is 2.43 bits per heavy atom. The third-order valence-electron chi connectivity index (χ3n) is 5.80. The molecule has 1 amide bonds. The lowest BCUT2D eigenvalue weighted by molar-refractivity contribution is -0.146. The van der Waals surface area contributed by atoms with Crippen molar-refractivity contribution in [1.29, 1.82) is 0 Å². The number of carbonyl (C=O) groups excluding carboxylic acids is 1. The largest absolute Gasteiger partial charge is 0.396 e. The lowest BCUT2D eigenvalue weighted by atomic mass is 9.49. The van der Waals surface area contributed by atoms with Crippen LogP contribution in [0.5, 0.6) is 0 Å². The molecule has 0 radical (unpaired) electrons. The summed E-state index contributed by atoms with van der Waals surface area (Å²) in [6.07, 6.45) is 10.9. The highest BCUT2D eigenvalue weighted by Gasteiger charge is 2.54. The lowest BCUT2D eigenvalue weighted by Crippen LogP contribution is -2.53. The highest BCUT2D eigenvalue weighted by Crippen LogP contribution is 2.60. The van der Waals surface area contributed by atoms with Crippen molar-refractivity contribution in [3.63, 3.8) is 0 Å². The Morgan fingerprint density at radius 2 is 1.90 bits per heavy atom. The normalized spacial score (nSPS) is 36.9. The zero-order chi connectivity index (χ0) is 14.4. The molecule has 0 atom stereocenters. The summed E-state index contributed by atoms with van der Waals surface area (Å²) in [7, 11) is 0. The summed E-state index contributed by atoms with van der Waals surface area (Å²) in [5.74, 6) is 2.73. The molecule has 5 nitrogen and oxygen atoms in total. The summed E-state index contributed by atoms with van der Waals surface area (Å²) in [5.41, 5.74) is 6.27. The Morgan fingerprint density at radius 1 is 1.29 bits per heavy atom. The van der Waals surface area contributed by atoms with E-state index in [0.717, 1.165) is 37.0 Å². The Kier molecular flexibility index (Phi) is 2.98. The molecule has 0 aromatic carbocycles. The maximum absolute atomic E-state index is 12.7. The van der Waals surface area contributed by atoms with Gasteiger partial charge in [-0.25, -0.2) is 0 Å². The van der Waals surface area contributed by atoms with Crippen molar-refractivity contribution in [2.75, 3.05) is 12.3 Å². The van der Waals surface area contributed by atoms with Gasteiger partial charge in [-0.2, -0.15) is 5.10 Å². The molecule has 4 aliphatic carbocycles. The first kappa shape index (κ1) is 13.2. The number of nitrogen functional groups attached to an aromatic ring is 1. The average molecular weight is 288 g/mol. The highest BCUT2D eigenvalue weighted by molar-refractivity contribution is 5.83. The quantitative estimate of drug-likeness (QED) is 0.887. The second kappa shape index (κ2) is 4.75. The van der Waals surface area contributed by atoms with E-state index in [-0.39, 0.29) is 5.41 Å². The van der Waals surface area contributed by atoms with Crippen LogP contribution in [0.2, 0.25) is 0 Å². The van der Waals surface area contributed by atoms with Crippen molar-refractivity contribution >= 4 is 11.6 Å². The van der Waals surface area contributed by atoms with E-state index in [9.17, 15) is 4.79 Å². The summed E-state index contributed by atoms with van der Waals surface area (Å²) in [4.78, 5) is 12.7. The van der Waals surface area contributed by atoms with Crippen LogP contribution in [0.25, 0.3) is 0 Å². The maximum Gasteiger partial charge on any atom is 0.226 e. The van der Waals surface area contributed by atoms with Crippen molar-refractivity contribution in [3.05, 3.63) is 12.4 Å². The topological polar surface area (TPSA) is 72.9 Å². The van der Waals surface area contributed by atoms with E-state index in [0.29, 0.717) is 24.7 Å². The molecular formula is C16H24N4O. The van der Waals surface area contributed by atoms with E-state index >= 15 is 0 Å². The lowest BCUT2D eigenvalue weighted by Gasteiger charge is -2.55. The van der Waals surface area contributed by atoms with Crippen molar-refractivity contribution in [2.24, 2.45) is 23.2 Å². The molecule has 1 heterocycles. The summed E-state index contributed by atoms with van der Waals surface area (Å²) in [6.45, 7) is 1.33. The second-order valence-electron chi connectivity index (χ2n) is 7.49. The van der Waals surface area contributed by atoms with Crippen molar-refractivity contribution in [2.45, 2.75) is 45.1 Å². The zero-order valence-electron chi connectivity index (χ0n) is 12.4. The van der Waals surface area contributed by atoms with Crippen LogP contribution in [0, 0.1) is 23.2 Å². The van der Waals surface area contributed by atoms with Crippen LogP contribution in [0.15, 0.2) is 12.4 Å². The van der Waals surface area contributed by atoms with Gasteiger partial charge < -0.3 is 11.1 Å². The minimum absolute atomic E-state index is 0.0438. The van der Waals surface area contributed by atoms with Gasteiger partial charge in [-0.15, -0.1) is 0 Å². The molecule has 3 N–H and O–H groups in total. The van der Waals surface area contributed by atoms with Crippen LogP contribution in [0.1, 0.15) is 38.5 Å². The molecule has 4 saturated carbocycles. The number of nitrogens with zero attached hydrogens (tertiary/aromatic N) is 2. The van der Waals surface area contributed by atoms with Crippen LogP contribution in [-0.2, 0) is 11.3 Å². The van der Waals surface area contributed by atoms with E-state index < -0.39 is 0 Å². The SMILES string of the molecule is Nc1cnn(CCNC(=O)C23CC4CC(CC(C4)C2)C3)c1. The van der Waals surface area contributed by atoms with E-state index in [1.807, 2.05) is 0 Å². The van der Waals surface area contributed by atoms with E-state index in [2.05, 4.69) is 10.4 Å². The van der Waals surface area contributed by atoms with Gasteiger partial charge in [0.05, 0.1) is 18.4 Å². The van der Waals surface area contributed by atoms with E-state index in [4.69, 9.17) is 5.73 Å². The fraction of sp³-hybridized carbons (Fsp3) is 0.750. The number of nitrogens with two attached hydrogens (primary N) is 1. The van der Waals surface area contributed by atoms with Crippen molar-refractivity contribution in [1.82, 2.24) is 15.1 Å². The van der Waals surface area contributed by atoms with Crippen LogP contribution >= 0.6 is 0 Å². The Labute approximate surface area is 125 Å². The average Bonchev–Trinajstić information content (AvgIpc) is 2.83. The summed E-state index contributed by atoms with van der Waals surface area (Å²) in [6, 6.07) is 0. The predicted molar refractivity (Wildman–Crippen MR) is 80.3 cm³/mol. The standard InChI is InChI=1S/C16H24N4O/c17-14-9-19-20(10-14)2-1-18-15(21)16-6-11-3-12(7-16)5-13(4-11)8-16/h9-13H,1-8,17H2,(H,18,21). The molecule has 5 heteroatoms. The molecule has 0 unspecified atom stereocenters. The first-order valence-electron chi connectivity index (χ1n) is 8.19. The Balaban J connectivity index is 1.36. The number of rotatable bonds is 4. The monoisotopic (exact) mass is 288 g/mol. The molecule has 114 valence electrons. The maximum atomic E-state index is 12.7. The number of amides is 1. The van der Waals surface area contributed by atoms with E-state index in [1.54, 1.807) is 17.1 Å². The number of aromatic nitrogens is 2. The van der Waals surface area contributed by atoms with Gasteiger partial charge in [0.1, 0.15) is 0 Å². The second-order valence-corrected chi connectivity index (χ2v) is 7.49. The van der Waals surface area contributed by atoms with Crippen LogP contribution in [-0.4, -0.2) is 22.2 Å². The van der Waals surface area contributed by atoms with Gasteiger partial charge in [0.25, 0.3) is 0 Å². The third-order valence-corrected chi connectivity index (χ3v) is 5.80. The first-order chi connectivity index (χ1) is 10.1. The van der Waals surface area contributed by atoms with E-state index in [1.165, 1.54) is 19.3 Å². The molecule has 1 aromatic heterocycles. The number of hydrogen-bond donors (Lipinski definition) is 2. The smallest absolute Gasteiger partial charge is 0.226 e. The molecule has 0 spiro atoms. The first-order valence-corrected chi connectivity index (χ1v) is 8.19. The molecule has 0 aliphatic heterocycles. The number of anilines is 1. The molecule has 4 fully saturated rings. The van der Waals surface area contributed by atoms with Crippen molar-refractivity contribution in [3.8, 4) is 0 Å². The number of hydrogen-bond acceptors (Lipinski definition) is 3. The molecule has 0 saturated heterocycles. The summed E-state index contributed by atoms with van der Waals surface area (Å²) in [5, 5.41) is 7.30. The molecule has 4 aliphatic rings. The van der Waals surface area contributed by atoms with Gasteiger partial charge in [0, 0.05) is 18.2 Å². The minimum Gasteiger partial charge on any atom is -0.396 e. The highest BCUT2D eigenvalue weighted by atomic mass is 16.2. The van der Waals surface area contributed by atoms with Crippen LogP contribution in [0.4, 0.5) is 5.69 Å². The summed E-state index contributed by atoms with van der Waals surface area (Å²) < 4.78 is 1.79. The zero-order valence-corrected chi connectivity index (χ0v) is 12.4. The molecule has 5 rings (SSSR count). The van der Waals surface area contributed by atoms with Gasteiger partial charge in [-0.1, -0.05) is 0 Å².